The number of H-pyrrole nitrogens is 1. The number of rotatable bonds is 9. The van der Waals surface area contributed by atoms with Crippen molar-refractivity contribution in [3.05, 3.63) is 82.7 Å². The molecule has 2 heterocycles. The molecule has 0 bridgehead atoms. The number of hydrogen-bond donors (Lipinski definition) is 4. The van der Waals surface area contributed by atoms with Gasteiger partial charge < -0.3 is 20.9 Å². The van der Waals surface area contributed by atoms with Gasteiger partial charge in [0.15, 0.2) is 0 Å². The maximum absolute atomic E-state index is 13.3. The number of hydrogen-bond acceptors (Lipinski definition) is 4. The normalized spacial score (nSPS) is 11.9. The maximum Gasteiger partial charge on any atom is 0.262 e. The number of carbonyl (C=O) groups is 3. The summed E-state index contributed by atoms with van der Waals surface area (Å²) in [6.45, 7) is 3.98. The van der Waals surface area contributed by atoms with E-state index in [0.29, 0.717) is 29.1 Å². The lowest BCUT2D eigenvalue weighted by Crippen LogP contribution is -2.45. The molecule has 7 nitrogen and oxygen atoms in total. The van der Waals surface area contributed by atoms with Gasteiger partial charge in [-0.3, -0.25) is 14.4 Å². The van der Waals surface area contributed by atoms with Crippen LogP contribution in [0, 0.1) is 5.92 Å². The van der Waals surface area contributed by atoms with E-state index in [-0.39, 0.29) is 23.6 Å². The molecule has 35 heavy (non-hydrogen) atoms. The quantitative estimate of drug-likeness (QED) is 0.261. The molecule has 0 fully saturated rings. The standard InChI is InChI=1S/C27H28N4O3S/c1-17(2)14-25(32)29-19-9-11-20(12-10-19)30-26(33)23(31-27(34)24-8-5-13-35-24)15-18-16-28-22-7-4-3-6-21(18)22/h3-13,16-17,23,28H,14-15H2,1-2H3,(H,29,32)(H,30,33)(H,31,34). The summed E-state index contributed by atoms with van der Waals surface area (Å²) in [5.74, 6) is -0.390. The van der Waals surface area contributed by atoms with Crippen LogP contribution in [-0.2, 0) is 16.0 Å². The number of aromatic amines is 1. The first kappa shape index (κ1) is 24.2. The Kier molecular flexibility index (Phi) is 7.62. The minimum absolute atomic E-state index is 0.0492. The van der Waals surface area contributed by atoms with Gasteiger partial charge in [0.25, 0.3) is 5.91 Å². The summed E-state index contributed by atoms with van der Waals surface area (Å²) in [4.78, 5) is 41.8. The summed E-state index contributed by atoms with van der Waals surface area (Å²) in [7, 11) is 0. The number of amides is 3. The molecule has 2 aromatic carbocycles. The number of anilines is 2. The molecule has 0 aliphatic rings. The van der Waals surface area contributed by atoms with Crippen LogP contribution < -0.4 is 16.0 Å². The van der Waals surface area contributed by atoms with Crippen LogP contribution in [0.1, 0.15) is 35.5 Å². The van der Waals surface area contributed by atoms with E-state index in [4.69, 9.17) is 0 Å². The van der Waals surface area contributed by atoms with Crippen molar-refractivity contribution in [2.24, 2.45) is 5.92 Å². The molecule has 0 saturated heterocycles. The predicted octanol–water partition coefficient (Wildman–Crippen LogP) is 5.19. The zero-order valence-corrected chi connectivity index (χ0v) is 20.4. The molecule has 0 saturated carbocycles. The predicted molar refractivity (Wildman–Crippen MR) is 141 cm³/mol. The van der Waals surface area contributed by atoms with Crippen LogP contribution in [0.4, 0.5) is 11.4 Å². The summed E-state index contributed by atoms with van der Waals surface area (Å²) < 4.78 is 0. The second-order valence-electron chi connectivity index (χ2n) is 8.78. The van der Waals surface area contributed by atoms with Gasteiger partial charge in [-0.15, -0.1) is 11.3 Å². The minimum Gasteiger partial charge on any atom is -0.361 e. The molecule has 2 aromatic heterocycles. The molecule has 0 radical (unpaired) electrons. The van der Waals surface area contributed by atoms with Crippen molar-refractivity contribution in [3.8, 4) is 0 Å². The van der Waals surface area contributed by atoms with Crippen molar-refractivity contribution < 1.29 is 14.4 Å². The Labute approximate surface area is 207 Å². The van der Waals surface area contributed by atoms with Crippen molar-refractivity contribution >= 4 is 51.3 Å². The molecule has 4 rings (SSSR count). The minimum atomic E-state index is -0.783. The number of fused-ring (bicyclic) bond motifs is 1. The van der Waals surface area contributed by atoms with Crippen molar-refractivity contribution in [1.29, 1.82) is 0 Å². The summed E-state index contributed by atoms with van der Waals surface area (Å²) in [5, 5.41) is 11.5. The Hall–Kier alpha value is -3.91. The first-order valence-electron chi connectivity index (χ1n) is 11.5. The Morgan fingerprint density at radius 2 is 1.63 bits per heavy atom. The molecule has 1 atom stereocenters. The Balaban J connectivity index is 1.48. The molecule has 4 N–H and O–H groups in total. The molecule has 0 spiro atoms. The van der Waals surface area contributed by atoms with Crippen LogP contribution in [0.15, 0.2) is 72.2 Å². The van der Waals surface area contributed by atoms with Crippen molar-refractivity contribution in [3.63, 3.8) is 0 Å². The van der Waals surface area contributed by atoms with E-state index in [1.165, 1.54) is 11.3 Å². The fourth-order valence-electron chi connectivity index (χ4n) is 3.82. The zero-order chi connectivity index (χ0) is 24.8. The van der Waals surface area contributed by atoms with Gasteiger partial charge in [0.05, 0.1) is 4.88 Å². The van der Waals surface area contributed by atoms with Crippen LogP contribution in [0.5, 0.6) is 0 Å². The van der Waals surface area contributed by atoms with E-state index in [1.54, 1.807) is 36.4 Å². The van der Waals surface area contributed by atoms with Gasteiger partial charge in [0.2, 0.25) is 11.8 Å². The Morgan fingerprint density at radius 1 is 0.914 bits per heavy atom. The van der Waals surface area contributed by atoms with E-state index in [2.05, 4.69) is 20.9 Å². The summed E-state index contributed by atoms with van der Waals surface area (Å²) in [6, 6.07) is 17.5. The fraction of sp³-hybridized carbons (Fsp3) is 0.222. The highest BCUT2D eigenvalue weighted by molar-refractivity contribution is 7.12. The molecular formula is C27H28N4O3S. The Morgan fingerprint density at radius 3 is 2.31 bits per heavy atom. The molecule has 0 aliphatic carbocycles. The third-order valence-corrected chi connectivity index (χ3v) is 6.36. The highest BCUT2D eigenvalue weighted by Gasteiger charge is 2.24. The summed E-state index contributed by atoms with van der Waals surface area (Å²) >= 11 is 1.32. The average Bonchev–Trinajstić information content (AvgIpc) is 3.50. The van der Waals surface area contributed by atoms with E-state index < -0.39 is 6.04 Å². The molecule has 4 aromatic rings. The first-order valence-corrected chi connectivity index (χ1v) is 12.4. The van der Waals surface area contributed by atoms with Gasteiger partial charge >= 0.3 is 0 Å². The molecule has 8 heteroatoms. The number of aromatic nitrogens is 1. The van der Waals surface area contributed by atoms with Gasteiger partial charge in [0.1, 0.15) is 6.04 Å². The van der Waals surface area contributed by atoms with Crippen molar-refractivity contribution in [2.45, 2.75) is 32.7 Å². The van der Waals surface area contributed by atoms with Gasteiger partial charge in [-0.1, -0.05) is 38.1 Å². The summed E-state index contributed by atoms with van der Waals surface area (Å²) in [6.07, 6.45) is 2.64. The molecule has 1 unspecified atom stereocenters. The second kappa shape index (κ2) is 11.0. The second-order valence-corrected chi connectivity index (χ2v) is 9.73. The molecule has 0 aliphatic heterocycles. The van der Waals surface area contributed by atoms with Crippen LogP contribution in [0.25, 0.3) is 10.9 Å². The first-order chi connectivity index (χ1) is 16.9. The molecular weight excluding hydrogens is 460 g/mol. The number of para-hydroxylation sites is 1. The summed E-state index contributed by atoms with van der Waals surface area (Å²) in [5.41, 5.74) is 3.15. The van der Waals surface area contributed by atoms with Crippen LogP contribution in [0.3, 0.4) is 0 Å². The van der Waals surface area contributed by atoms with Crippen LogP contribution in [-0.4, -0.2) is 28.7 Å². The van der Waals surface area contributed by atoms with E-state index >= 15 is 0 Å². The monoisotopic (exact) mass is 488 g/mol. The number of thiophene rings is 1. The van der Waals surface area contributed by atoms with Gasteiger partial charge in [0, 0.05) is 41.3 Å². The third kappa shape index (κ3) is 6.36. The van der Waals surface area contributed by atoms with E-state index in [9.17, 15) is 14.4 Å². The van der Waals surface area contributed by atoms with Crippen molar-refractivity contribution in [1.82, 2.24) is 10.3 Å². The van der Waals surface area contributed by atoms with E-state index in [0.717, 1.165) is 16.5 Å². The number of carbonyl (C=O) groups excluding carboxylic acids is 3. The maximum atomic E-state index is 13.3. The smallest absolute Gasteiger partial charge is 0.262 e. The van der Waals surface area contributed by atoms with Crippen molar-refractivity contribution in [2.75, 3.05) is 10.6 Å². The highest BCUT2D eigenvalue weighted by atomic mass is 32.1. The number of nitrogens with one attached hydrogen (secondary N) is 4. The van der Waals surface area contributed by atoms with E-state index in [1.807, 2.05) is 49.7 Å². The third-order valence-electron chi connectivity index (χ3n) is 5.50. The lowest BCUT2D eigenvalue weighted by Gasteiger charge is -2.18. The molecule has 180 valence electrons. The largest absolute Gasteiger partial charge is 0.361 e. The lowest BCUT2D eigenvalue weighted by molar-refractivity contribution is -0.118. The Bertz CT molecular complexity index is 1310. The fourth-order valence-corrected chi connectivity index (χ4v) is 4.44. The topological polar surface area (TPSA) is 103 Å². The van der Waals surface area contributed by atoms with Gasteiger partial charge in [-0.2, -0.15) is 0 Å². The van der Waals surface area contributed by atoms with Crippen LogP contribution >= 0.6 is 11.3 Å². The highest BCUT2D eigenvalue weighted by Crippen LogP contribution is 2.21. The average molecular weight is 489 g/mol. The number of benzene rings is 2. The zero-order valence-electron chi connectivity index (χ0n) is 19.6. The SMILES string of the molecule is CC(C)CC(=O)Nc1ccc(NC(=O)C(Cc2c[nH]c3ccccc23)NC(=O)c2cccs2)cc1. The van der Waals surface area contributed by atoms with Crippen LogP contribution in [0.2, 0.25) is 0 Å². The molecule has 3 amide bonds. The lowest BCUT2D eigenvalue weighted by atomic mass is 10.0. The van der Waals surface area contributed by atoms with Gasteiger partial charge in [-0.05, 0) is 53.3 Å². The van der Waals surface area contributed by atoms with Gasteiger partial charge in [-0.25, -0.2) is 0 Å².